The van der Waals surface area contributed by atoms with Gasteiger partial charge in [0.2, 0.25) is 11.4 Å². The molecule has 2 aliphatic heterocycles. The van der Waals surface area contributed by atoms with E-state index < -0.39 is 0 Å². The number of rotatable bonds is 18. The van der Waals surface area contributed by atoms with E-state index in [2.05, 4.69) is 276 Å². The average molecular weight is 1390 g/mol. The number of pyridine rings is 2. The number of benzene rings is 4. The predicted octanol–water partition coefficient (Wildman–Crippen LogP) is 19.1. The second kappa shape index (κ2) is 45.7. The molecule has 0 amide bonds. The van der Waals surface area contributed by atoms with E-state index in [9.17, 15) is 0 Å². The quantitative estimate of drug-likeness (QED) is 0.0648. The zero-order valence-electron chi connectivity index (χ0n) is 67.8. The summed E-state index contributed by atoms with van der Waals surface area (Å²) < 4.78 is 20.5. The summed E-state index contributed by atoms with van der Waals surface area (Å²) in [5.41, 5.74) is 22.1. The van der Waals surface area contributed by atoms with Crippen LogP contribution in [0.1, 0.15) is 285 Å². The van der Waals surface area contributed by atoms with Crippen LogP contribution in [0, 0.1) is 0 Å². The molecular weight excluding hydrogens is 1260 g/mol. The van der Waals surface area contributed by atoms with Crippen LogP contribution in [0.15, 0.2) is 145 Å². The number of hydrogen-bond acceptors (Lipinski definition) is 7. The zero-order valence-corrected chi connectivity index (χ0v) is 70.7. The molecule has 2 fully saturated rings. The molecule has 8 rings (SSSR count). The summed E-state index contributed by atoms with van der Waals surface area (Å²) >= 11 is 0. The Morgan fingerprint density at radius 2 is 0.710 bits per heavy atom. The van der Waals surface area contributed by atoms with Crippen molar-refractivity contribution in [2.24, 2.45) is 0 Å². The van der Waals surface area contributed by atoms with Gasteiger partial charge < -0.3 is 39.1 Å². The fourth-order valence-corrected chi connectivity index (χ4v) is 11.6. The number of aromatic nitrogens is 2. The second-order valence-electron chi connectivity index (χ2n) is 30.3. The number of nitrogens with one attached hydrogen (secondary N) is 3. The molecule has 0 aliphatic carbocycles. The van der Waals surface area contributed by atoms with E-state index in [1.807, 2.05) is 83.6 Å². The summed E-state index contributed by atoms with van der Waals surface area (Å²) in [5, 5.41) is 10.2. The first-order valence-corrected chi connectivity index (χ1v) is 35.9. The number of allylic oxidation sites excluding steroid dienone is 4. The summed E-state index contributed by atoms with van der Waals surface area (Å²) in [6.07, 6.45) is 14.3. The van der Waals surface area contributed by atoms with E-state index in [0.717, 1.165) is 47.0 Å². The zero-order chi connectivity index (χ0) is 73.8. The molecule has 4 radical (unpaired) electrons. The number of para-hydroxylation sites is 4. The first kappa shape index (κ1) is 92.7. The van der Waals surface area contributed by atoms with Crippen LogP contribution >= 0.6 is 0 Å². The number of aromatic amines is 1. The molecule has 4 aromatic carbocycles. The van der Waals surface area contributed by atoms with E-state index in [0.29, 0.717) is 59.6 Å². The fraction of sp³-hybridized carbons (Fsp3) is 0.524. The minimum atomic E-state index is -0.0301. The van der Waals surface area contributed by atoms with Crippen molar-refractivity contribution in [3.63, 3.8) is 0 Å². The van der Waals surface area contributed by atoms with Gasteiger partial charge in [0.25, 0.3) is 0 Å². The third-order valence-electron chi connectivity index (χ3n) is 16.8. The Bertz CT molecular complexity index is 3120. The molecule has 12 nitrogen and oxygen atoms in total. The van der Waals surface area contributed by atoms with Crippen LogP contribution in [-0.2, 0) is 18.6 Å². The maximum Gasteiger partial charge on any atom is 2.00 e. The van der Waals surface area contributed by atoms with Crippen LogP contribution in [0.25, 0.3) is 10.6 Å². The number of H-pyrrole nitrogens is 1. The van der Waals surface area contributed by atoms with Crippen LogP contribution in [0.2, 0.25) is 0 Å². The van der Waals surface area contributed by atoms with E-state index in [4.69, 9.17) is 29.3 Å². The topological polar surface area (TPSA) is 127 Å². The SMILES string of the molecule is CC(/C=C(/C)[N-]c1c(C(C)C)cccc1C(C)C)=[NH+]c1c(C(C)C)cccc1C(C)C.CC(/C=C(/C)[N-]c1c(C(C)C)cccc1C(C)C)=[NH+]c1c(C(C)C)cccc1C(C)C.CN(C)c1cc[nH+]cc1.CN(C)c1ccncc1.C[C@H]1CC(C)(C)O[B-]O1.C[C@H]1CC(C)(C)O[B-]O1.[Mg+2].[Mg+2]. The van der Waals surface area contributed by atoms with Gasteiger partial charge in [-0.15, -0.1) is 11.4 Å². The van der Waals surface area contributed by atoms with Gasteiger partial charge in [-0.05, 0) is 141 Å². The molecule has 536 valence electrons. The molecule has 0 spiro atoms. The van der Waals surface area contributed by atoms with Crippen molar-refractivity contribution in [3.05, 3.63) is 201 Å². The molecule has 6 aromatic rings. The molecule has 2 atom stereocenters. The Kier molecular flexibility index (Phi) is 42.4. The first-order valence-electron chi connectivity index (χ1n) is 35.9. The van der Waals surface area contributed by atoms with E-state index >= 15 is 0 Å². The van der Waals surface area contributed by atoms with Gasteiger partial charge in [-0.3, -0.25) is 4.98 Å². The van der Waals surface area contributed by atoms with E-state index in [1.54, 1.807) is 12.4 Å². The molecule has 3 N–H and O–H groups in total. The summed E-state index contributed by atoms with van der Waals surface area (Å²) in [6, 6.07) is 34.5. The van der Waals surface area contributed by atoms with Crippen LogP contribution in [0.5, 0.6) is 0 Å². The Labute approximate surface area is 643 Å². The largest absolute Gasteiger partial charge is 2.00 e. The molecule has 16 heteroatoms. The molecule has 2 saturated heterocycles. The molecule has 0 unspecified atom stereocenters. The maximum absolute atomic E-state index is 5.19. The van der Waals surface area contributed by atoms with Crippen LogP contribution in [0.4, 0.5) is 34.1 Å². The van der Waals surface area contributed by atoms with Crippen LogP contribution in [-0.4, -0.2) is 129 Å². The normalized spacial score (nSPS) is 15.9. The van der Waals surface area contributed by atoms with E-state index in [1.165, 1.54) is 82.6 Å². The van der Waals surface area contributed by atoms with Crippen molar-refractivity contribution in [2.45, 2.75) is 264 Å². The molecular formula is C84H129B2Mg2N8O4+3. The van der Waals surface area contributed by atoms with Crippen LogP contribution < -0.4 is 24.8 Å². The summed E-state index contributed by atoms with van der Waals surface area (Å²) in [6.45, 7) is 56.8. The smallest absolute Gasteiger partial charge is 0.661 e. The summed E-state index contributed by atoms with van der Waals surface area (Å²) in [7, 11) is 10.9. The first-order chi connectivity index (χ1) is 45.9. The van der Waals surface area contributed by atoms with Gasteiger partial charge in [0, 0.05) is 124 Å². The van der Waals surface area contributed by atoms with Gasteiger partial charge >= 0.3 is 46.1 Å². The number of anilines is 2. The monoisotopic (exact) mass is 1380 g/mol. The molecule has 0 bridgehead atoms. The van der Waals surface area contributed by atoms with Crippen molar-refractivity contribution in [1.29, 1.82) is 0 Å². The van der Waals surface area contributed by atoms with Crippen molar-refractivity contribution >= 4 is 107 Å². The van der Waals surface area contributed by atoms with Crippen LogP contribution in [0.3, 0.4) is 0 Å². The van der Waals surface area contributed by atoms with Gasteiger partial charge in [-0.25, -0.2) is 15.0 Å². The molecule has 100 heavy (non-hydrogen) atoms. The summed E-state index contributed by atoms with van der Waals surface area (Å²) in [4.78, 5) is 18.4. The maximum atomic E-state index is 5.19. The fourth-order valence-electron chi connectivity index (χ4n) is 11.6. The van der Waals surface area contributed by atoms with Crippen molar-refractivity contribution in [2.75, 3.05) is 38.0 Å². The third-order valence-corrected chi connectivity index (χ3v) is 16.8. The Hall–Kier alpha value is -5.30. The second-order valence-corrected chi connectivity index (χ2v) is 30.3. The molecule has 2 aromatic heterocycles. The van der Waals surface area contributed by atoms with Gasteiger partial charge in [-0.1, -0.05) is 220 Å². The van der Waals surface area contributed by atoms with Crippen molar-refractivity contribution in [3.8, 4) is 0 Å². The average Bonchev–Trinajstić information content (AvgIpc) is 0.832. The van der Waals surface area contributed by atoms with E-state index in [-0.39, 0.29) is 57.3 Å². The number of hydrogen-bond donors (Lipinski definition) is 2. The summed E-state index contributed by atoms with van der Waals surface area (Å²) in [5.74, 6) is 3.65. The number of nitrogens with zero attached hydrogens (tertiary/aromatic N) is 5. The Morgan fingerprint density at radius 1 is 0.450 bits per heavy atom. The predicted molar refractivity (Wildman–Crippen MR) is 434 cm³/mol. The minimum Gasteiger partial charge on any atom is -0.661 e. The molecule has 2 aliphatic rings. The van der Waals surface area contributed by atoms with Gasteiger partial charge in [0.15, 0.2) is 23.8 Å². The molecule has 0 saturated carbocycles. The minimum absolute atomic E-state index is 0. The van der Waals surface area contributed by atoms with Crippen molar-refractivity contribution in [1.82, 2.24) is 4.98 Å². The third kappa shape index (κ3) is 32.6. The van der Waals surface area contributed by atoms with Gasteiger partial charge in [0.1, 0.15) is 0 Å². The standard InChI is InChI=1S/2C29H41N2.2C7H10N2.2C6H12BO2.2Mg/c2*1-18(2)24-13-11-14-25(19(3)4)28(24)30-22(9)17-23(10)31-29-26(20(5)6)15-12-16-27(29)21(7)8;2*1-9(2)7-3-5-8-6-4-7;2*1-5-4-6(2,3)9-7-8-5;;/h2*11-21H,1-10H3;2*3-6H,1-2H3;2*5H,4H2,1-3H3;;/q2*-1;;;2*-1;2*+2/p+3/b2*22-17-,31-23?;;;;;;/t;;;;2*5-;;/m....00../s1. The molecule has 4 heterocycles. The Morgan fingerprint density at radius 3 is 0.920 bits per heavy atom. The van der Waals surface area contributed by atoms with Crippen molar-refractivity contribution < 1.29 is 33.6 Å². The van der Waals surface area contributed by atoms with Gasteiger partial charge in [0.05, 0.1) is 0 Å². The Balaban J connectivity index is 0.000000662. The van der Waals surface area contributed by atoms with Gasteiger partial charge in [-0.2, -0.15) is 11.4 Å².